The second kappa shape index (κ2) is 15.1. The summed E-state index contributed by atoms with van der Waals surface area (Å²) in [5, 5.41) is 16.6. The summed E-state index contributed by atoms with van der Waals surface area (Å²) >= 11 is 0. The Hall–Kier alpha value is -0.810. The van der Waals surface area contributed by atoms with Crippen molar-refractivity contribution >= 4 is 36.0 Å². The Morgan fingerprint density at radius 1 is 1.13 bits per heavy atom. The molecule has 0 bridgehead atoms. The molecule has 3 N–H and O–H groups in total. The topological polar surface area (TPSA) is 95.4 Å². The van der Waals surface area contributed by atoms with E-state index in [1.807, 2.05) is 34.6 Å². The van der Waals surface area contributed by atoms with Crippen LogP contribution in [0.25, 0.3) is 0 Å². The van der Waals surface area contributed by atoms with Gasteiger partial charge in [0, 0.05) is 32.8 Å². The van der Waals surface area contributed by atoms with Crippen LogP contribution in [0.2, 0.25) is 0 Å². The number of guanidine groups is 1. The third kappa shape index (κ3) is 12.7. The molecule has 1 fully saturated rings. The maximum Gasteiger partial charge on any atom is 0.407 e. The Balaban J connectivity index is 0.00000900. The molecule has 0 radical (unpaired) electrons. The SMILES string of the molecule is CCNC(=NCC(O)(CC)CC)N1CCC(OCCCNC(=O)OC(C)(C)C)CC1.I. The predicted molar refractivity (Wildman–Crippen MR) is 136 cm³/mol. The average Bonchev–Trinajstić information content (AvgIpc) is 2.70. The highest BCUT2D eigenvalue weighted by molar-refractivity contribution is 14.0. The Bertz CT molecular complexity index is 528. The van der Waals surface area contributed by atoms with Crippen LogP contribution in [0.1, 0.15) is 73.6 Å². The highest BCUT2D eigenvalue weighted by atomic mass is 127. The minimum atomic E-state index is -0.727. The van der Waals surface area contributed by atoms with Crippen LogP contribution in [0, 0.1) is 0 Å². The molecule has 9 heteroatoms. The molecule has 1 aliphatic heterocycles. The summed E-state index contributed by atoms with van der Waals surface area (Å²) < 4.78 is 11.2. The maximum atomic E-state index is 11.6. The summed E-state index contributed by atoms with van der Waals surface area (Å²) in [5.74, 6) is 0.873. The minimum Gasteiger partial charge on any atom is -0.444 e. The third-order valence-electron chi connectivity index (χ3n) is 5.26. The van der Waals surface area contributed by atoms with E-state index in [1.54, 1.807) is 0 Å². The molecule has 8 nitrogen and oxygen atoms in total. The standard InChI is InChI=1S/C22H44N4O4.HI/c1-7-22(28,8-2)17-25-19(23-9-3)26-14-11-18(12-15-26)29-16-10-13-24-20(27)30-21(4,5)6;/h18,28H,7-17H2,1-6H3,(H,23,25)(H,24,27);1H. The zero-order valence-electron chi connectivity index (χ0n) is 20.3. The number of alkyl carbamates (subject to hydrolysis) is 1. The van der Waals surface area contributed by atoms with Gasteiger partial charge in [-0.2, -0.15) is 0 Å². The molecule has 1 rings (SSSR count). The van der Waals surface area contributed by atoms with Crippen LogP contribution < -0.4 is 10.6 Å². The fourth-order valence-corrected chi connectivity index (χ4v) is 3.18. The first kappa shape index (κ1) is 30.2. The van der Waals surface area contributed by atoms with Crippen molar-refractivity contribution in [1.82, 2.24) is 15.5 Å². The maximum absolute atomic E-state index is 11.6. The molecule has 1 aliphatic rings. The number of carbonyl (C=O) groups excluding carboxylic acids is 1. The van der Waals surface area contributed by atoms with Crippen LogP contribution in [-0.4, -0.2) is 78.7 Å². The van der Waals surface area contributed by atoms with Gasteiger partial charge in [-0.3, -0.25) is 4.99 Å². The van der Waals surface area contributed by atoms with E-state index < -0.39 is 11.2 Å². The van der Waals surface area contributed by atoms with Crippen molar-refractivity contribution in [3.05, 3.63) is 0 Å². The van der Waals surface area contributed by atoms with Gasteiger partial charge in [0.1, 0.15) is 5.60 Å². The summed E-state index contributed by atoms with van der Waals surface area (Å²) in [4.78, 5) is 18.6. The smallest absolute Gasteiger partial charge is 0.407 e. The first-order chi connectivity index (χ1) is 14.1. The van der Waals surface area contributed by atoms with Crippen molar-refractivity contribution in [2.75, 3.05) is 39.3 Å². The fourth-order valence-electron chi connectivity index (χ4n) is 3.18. The molecule has 0 aromatic carbocycles. The lowest BCUT2D eigenvalue weighted by Gasteiger charge is -2.35. The molecule has 0 unspecified atom stereocenters. The van der Waals surface area contributed by atoms with E-state index in [2.05, 4.69) is 22.5 Å². The Kier molecular flexibility index (Phi) is 14.7. The van der Waals surface area contributed by atoms with Gasteiger partial charge in [-0.05, 0) is 59.8 Å². The third-order valence-corrected chi connectivity index (χ3v) is 5.26. The number of nitrogens with zero attached hydrogens (tertiary/aromatic N) is 2. The molecule has 1 amide bonds. The van der Waals surface area contributed by atoms with E-state index >= 15 is 0 Å². The molecule has 184 valence electrons. The molecule has 0 atom stereocenters. The summed E-state index contributed by atoms with van der Waals surface area (Å²) in [5.41, 5.74) is -1.20. The largest absolute Gasteiger partial charge is 0.444 e. The van der Waals surface area contributed by atoms with Gasteiger partial charge in [0.25, 0.3) is 0 Å². The molecular weight excluding hydrogens is 511 g/mol. The number of rotatable bonds is 10. The van der Waals surface area contributed by atoms with Gasteiger partial charge in [-0.1, -0.05) is 13.8 Å². The summed E-state index contributed by atoms with van der Waals surface area (Å²) in [7, 11) is 0. The lowest BCUT2D eigenvalue weighted by molar-refractivity contribution is 0.0165. The van der Waals surface area contributed by atoms with E-state index in [9.17, 15) is 9.90 Å². The van der Waals surface area contributed by atoms with Crippen LogP contribution in [0.15, 0.2) is 4.99 Å². The van der Waals surface area contributed by atoms with Crippen molar-refractivity contribution in [3.8, 4) is 0 Å². The van der Waals surface area contributed by atoms with Crippen LogP contribution in [0.3, 0.4) is 0 Å². The van der Waals surface area contributed by atoms with Crippen molar-refractivity contribution in [1.29, 1.82) is 0 Å². The molecule has 0 spiro atoms. The van der Waals surface area contributed by atoms with Gasteiger partial charge in [-0.25, -0.2) is 4.79 Å². The summed E-state index contributed by atoms with van der Waals surface area (Å²) in [6.07, 6.45) is 3.88. The zero-order valence-corrected chi connectivity index (χ0v) is 22.7. The molecule has 0 aliphatic carbocycles. The van der Waals surface area contributed by atoms with Gasteiger partial charge >= 0.3 is 6.09 Å². The first-order valence-electron chi connectivity index (χ1n) is 11.5. The lowest BCUT2D eigenvalue weighted by Crippen LogP contribution is -2.47. The van der Waals surface area contributed by atoms with E-state index in [0.29, 0.717) is 32.5 Å². The average molecular weight is 557 g/mol. The number of nitrogens with one attached hydrogen (secondary N) is 2. The number of aliphatic hydroxyl groups is 1. The highest BCUT2D eigenvalue weighted by Gasteiger charge is 2.25. The van der Waals surface area contributed by atoms with E-state index in [-0.39, 0.29) is 36.2 Å². The number of hydrogen-bond donors (Lipinski definition) is 3. The van der Waals surface area contributed by atoms with Crippen LogP contribution >= 0.6 is 24.0 Å². The van der Waals surface area contributed by atoms with Gasteiger partial charge < -0.3 is 30.1 Å². The van der Waals surface area contributed by atoms with Crippen LogP contribution in [0.5, 0.6) is 0 Å². The summed E-state index contributed by atoms with van der Waals surface area (Å²) in [6.45, 7) is 15.7. The molecule has 0 saturated carbocycles. The number of likely N-dealkylation sites (tertiary alicyclic amines) is 1. The minimum absolute atomic E-state index is 0. The number of aliphatic imine (C=N–C) groups is 1. The normalized spacial score (nSPS) is 16.0. The predicted octanol–water partition coefficient (Wildman–Crippen LogP) is 3.52. The second-order valence-electron chi connectivity index (χ2n) is 8.94. The van der Waals surface area contributed by atoms with E-state index in [4.69, 9.17) is 14.5 Å². The van der Waals surface area contributed by atoms with Gasteiger partial charge in [-0.15, -0.1) is 24.0 Å². The lowest BCUT2D eigenvalue weighted by atomic mass is 9.98. The van der Waals surface area contributed by atoms with Crippen molar-refractivity contribution in [3.63, 3.8) is 0 Å². The molecule has 0 aromatic rings. The van der Waals surface area contributed by atoms with Crippen molar-refractivity contribution < 1.29 is 19.4 Å². The van der Waals surface area contributed by atoms with Gasteiger partial charge in [0.15, 0.2) is 5.96 Å². The molecule has 1 saturated heterocycles. The Labute approximate surface area is 205 Å². The first-order valence-corrected chi connectivity index (χ1v) is 11.5. The molecule has 0 aromatic heterocycles. The number of ether oxygens (including phenoxy) is 2. The Morgan fingerprint density at radius 3 is 2.26 bits per heavy atom. The highest BCUT2D eigenvalue weighted by Crippen LogP contribution is 2.17. The number of piperidine rings is 1. The second-order valence-corrected chi connectivity index (χ2v) is 8.94. The Morgan fingerprint density at radius 2 is 1.74 bits per heavy atom. The monoisotopic (exact) mass is 556 g/mol. The number of halogens is 1. The van der Waals surface area contributed by atoms with E-state index in [1.165, 1.54) is 0 Å². The van der Waals surface area contributed by atoms with Crippen LogP contribution in [0.4, 0.5) is 4.79 Å². The van der Waals surface area contributed by atoms with Gasteiger partial charge in [0.05, 0.1) is 18.2 Å². The van der Waals surface area contributed by atoms with Crippen molar-refractivity contribution in [2.45, 2.75) is 91.0 Å². The van der Waals surface area contributed by atoms with E-state index in [0.717, 1.165) is 44.9 Å². The van der Waals surface area contributed by atoms with Gasteiger partial charge in [0.2, 0.25) is 0 Å². The van der Waals surface area contributed by atoms with Crippen LogP contribution in [-0.2, 0) is 9.47 Å². The number of amides is 1. The molecule has 1 heterocycles. The quantitative estimate of drug-likeness (QED) is 0.165. The molecular formula is C22H45IN4O4. The number of hydrogen-bond acceptors (Lipinski definition) is 5. The molecule has 31 heavy (non-hydrogen) atoms. The summed E-state index contributed by atoms with van der Waals surface area (Å²) in [6, 6.07) is 0. The number of carbonyl (C=O) groups is 1. The fraction of sp³-hybridized carbons (Fsp3) is 0.909. The zero-order chi connectivity index (χ0) is 22.6. The van der Waals surface area contributed by atoms with Crippen molar-refractivity contribution in [2.24, 2.45) is 4.99 Å².